The second kappa shape index (κ2) is 6.55. The van der Waals surface area contributed by atoms with Gasteiger partial charge in [-0.2, -0.15) is 5.26 Å². The summed E-state index contributed by atoms with van der Waals surface area (Å²) in [6.45, 7) is 3.80. The average molecular weight is 372 g/mol. The number of aromatic nitrogens is 2. The normalized spacial score (nSPS) is 17.1. The molecule has 5 nitrogen and oxygen atoms in total. The zero-order valence-corrected chi connectivity index (χ0v) is 14.8. The second-order valence-corrected chi connectivity index (χ2v) is 6.71. The lowest BCUT2D eigenvalue weighted by atomic mass is 10.2. The standard InChI is InChI=1S/C17H18BrN5/c1-12-7-17(21-11-20-12)22(2)15-5-6-23(10-15)16-4-3-14(18)8-13(16)9-19/h3-4,7-8,11,15H,5-6,10H2,1-2H3. The number of hydrogen-bond acceptors (Lipinski definition) is 5. The molecule has 1 saturated heterocycles. The fourth-order valence-corrected chi connectivity index (χ4v) is 3.33. The van der Waals surface area contributed by atoms with Crippen LogP contribution in [-0.4, -0.2) is 36.1 Å². The number of anilines is 2. The Morgan fingerprint density at radius 1 is 1.35 bits per heavy atom. The molecule has 0 bridgehead atoms. The first-order chi connectivity index (χ1) is 11.1. The highest BCUT2D eigenvalue weighted by atomic mass is 79.9. The van der Waals surface area contributed by atoms with Gasteiger partial charge in [-0.3, -0.25) is 0 Å². The van der Waals surface area contributed by atoms with Gasteiger partial charge in [-0.1, -0.05) is 15.9 Å². The number of nitrogens with zero attached hydrogens (tertiary/aromatic N) is 5. The summed E-state index contributed by atoms with van der Waals surface area (Å²) in [6.07, 6.45) is 2.65. The lowest BCUT2D eigenvalue weighted by molar-refractivity contribution is 0.683. The van der Waals surface area contributed by atoms with Gasteiger partial charge in [0.15, 0.2) is 0 Å². The maximum atomic E-state index is 9.36. The molecular weight excluding hydrogens is 354 g/mol. The summed E-state index contributed by atoms with van der Waals surface area (Å²) >= 11 is 3.43. The van der Waals surface area contributed by atoms with Crippen LogP contribution in [0.5, 0.6) is 0 Å². The molecule has 1 atom stereocenters. The Balaban J connectivity index is 1.77. The molecule has 1 aliphatic heterocycles. The van der Waals surface area contributed by atoms with Crippen molar-refractivity contribution in [1.29, 1.82) is 5.26 Å². The third-order valence-electron chi connectivity index (χ3n) is 4.28. The Hall–Kier alpha value is -2.13. The van der Waals surface area contributed by atoms with Crippen molar-refractivity contribution >= 4 is 27.4 Å². The number of rotatable bonds is 3. The molecule has 1 fully saturated rings. The molecule has 23 heavy (non-hydrogen) atoms. The smallest absolute Gasteiger partial charge is 0.132 e. The van der Waals surface area contributed by atoms with E-state index in [1.165, 1.54) is 0 Å². The van der Waals surface area contributed by atoms with E-state index in [1.807, 2.05) is 31.2 Å². The predicted octanol–water partition coefficient (Wildman–Crippen LogP) is 3.13. The summed E-state index contributed by atoms with van der Waals surface area (Å²) in [5, 5.41) is 9.36. The molecule has 1 aromatic heterocycles. The molecule has 3 rings (SSSR count). The predicted molar refractivity (Wildman–Crippen MR) is 94.6 cm³/mol. The van der Waals surface area contributed by atoms with Crippen molar-refractivity contribution in [3.05, 3.63) is 46.3 Å². The molecular formula is C17H18BrN5. The third-order valence-corrected chi connectivity index (χ3v) is 4.77. The van der Waals surface area contributed by atoms with E-state index in [4.69, 9.17) is 0 Å². The van der Waals surface area contributed by atoms with Crippen LogP contribution in [-0.2, 0) is 0 Å². The van der Waals surface area contributed by atoms with Crippen molar-refractivity contribution in [2.45, 2.75) is 19.4 Å². The van der Waals surface area contributed by atoms with Crippen LogP contribution in [0, 0.1) is 18.3 Å². The molecule has 0 saturated carbocycles. The minimum atomic E-state index is 0.375. The average Bonchev–Trinajstić information content (AvgIpc) is 3.03. The quantitative estimate of drug-likeness (QED) is 0.829. The van der Waals surface area contributed by atoms with E-state index < -0.39 is 0 Å². The van der Waals surface area contributed by atoms with Gasteiger partial charge in [-0.05, 0) is 31.5 Å². The Kier molecular flexibility index (Phi) is 4.49. The van der Waals surface area contributed by atoms with Crippen LogP contribution in [0.4, 0.5) is 11.5 Å². The zero-order chi connectivity index (χ0) is 16.4. The summed E-state index contributed by atoms with van der Waals surface area (Å²) in [5.41, 5.74) is 2.68. The Labute approximate surface area is 144 Å². The van der Waals surface area contributed by atoms with E-state index in [-0.39, 0.29) is 0 Å². The van der Waals surface area contributed by atoms with Crippen LogP contribution in [0.3, 0.4) is 0 Å². The van der Waals surface area contributed by atoms with Crippen LogP contribution in [0.15, 0.2) is 35.1 Å². The number of hydrogen-bond donors (Lipinski definition) is 0. The van der Waals surface area contributed by atoms with Crippen LogP contribution in [0.2, 0.25) is 0 Å². The highest BCUT2D eigenvalue weighted by Crippen LogP contribution is 2.29. The minimum absolute atomic E-state index is 0.375. The van der Waals surface area contributed by atoms with E-state index in [1.54, 1.807) is 6.33 Å². The van der Waals surface area contributed by atoms with E-state index >= 15 is 0 Å². The van der Waals surface area contributed by atoms with Gasteiger partial charge in [0.05, 0.1) is 11.3 Å². The molecule has 1 aromatic carbocycles. The Morgan fingerprint density at radius 3 is 2.91 bits per heavy atom. The molecule has 0 radical (unpaired) electrons. The SMILES string of the molecule is Cc1cc(N(C)C2CCN(c3ccc(Br)cc3C#N)C2)ncn1. The first kappa shape index (κ1) is 15.8. The van der Waals surface area contributed by atoms with Crippen molar-refractivity contribution in [3.8, 4) is 6.07 Å². The van der Waals surface area contributed by atoms with Crippen LogP contribution < -0.4 is 9.80 Å². The first-order valence-electron chi connectivity index (χ1n) is 7.54. The number of nitriles is 1. The second-order valence-electron chi connectivity index (χ2n) is 5.79. The molecule has 0 amide bonds. The summed E-state index contributed by atoms with van der Waals surface area (Å²) < 4.78 is 0.933. The first-order valence-corrected chi connectivity index (χ1v) is 8.34. The fourth-order valence-electron chi connectivity index (χ4n) is 2.97. The number of benzene rings is 1. The van der Waals surface area contributed by atoms with E-state index in [0.717, 1.165) is 41.2 Å². The number of likely N-dealkylation sites (N-methyl/N-ethyl adjacent to an activating group) is 1. The maximum absolute atomic E-state index is 9.36. The molecule has 1 unspecified atom stereocenters. The molecule has 6 heteroatoms. The zero-order valence-electron chi connectivity index (χ0n) is 13.2. The molecule has 0 N–H and O–H groups in total. The van der Waals surface area contributed by atoms with E-state index in [0.29, 0.717) is 11.6 Å². The van der Waals surface area contributed by atoms with Crippen molar-refractivity contribution in [2.75, 3.05) is 29.9 Å². The van der Waals surface area contributed by atoms with Crippen molar-refractivity contribution in [3.63, 3.8) is 0 Å². The van der Waals surface area contributed by atoms with Gasteiger partial charge in [-0.25, -0.2) is 9.97 Å². The van der Waals surface area contributed by atoms with E-state index in [2.05, 4.69) is 48.8 Å². The van der Waals surface area contributed by atoms with Crippen LogP contribution in [0.25, 0.3) is 0 Å². The summed E-state index contributed by atoms with van der Waals surface area (Å²) in [5.74, 6) is 0.945. The van der Waals surface area contributed by atoms with Gasteiger partial charge in [0.2, 0.25) is 0 Å². The molecule has 118 valence electrons. The minimum Gasteiger partial charge on any atom is -0.368 e. The van der Waals surface area contributed by atoms with Gasteiger partial charge < -0.3 is 9.80 Å². The fraction of sp³-hybridized carbons (Fsp3) is 0.353. The molecule has 0 spiro atoms. The van der Waals surface area contributed by atoms with Gasteiger partial charge >= 0.3 is 0 Å². The summed E-state index contributed by atoms with van der Waals surface area (Å²) in [7, 11) is 2.07. The van der Waals surface area contributed by atoms with Gasteiger partial charge in [0.1, 0.15) is 18.2 Å². The third kappa shape index (κ3) is 3.30. The maximum Gasteiger partial charge on any atom is 0.132 e. The van der Waals surface area contributed by atoms with Gasteiger partial charge in [0, 0.05) is 42.4 Å². The molecule has 2 aromatic rings. The Bertz CT molecular complexity index is 755. The molecule has 2 heterocycles. The van der Waals surface area contributed by atoms with Crippen molar-refractivity contribution < 1.29 is 0 Å². The summed E-state index contributed by atoms with van der Waals surface area (Å²) in [6, 6.07) is 10.5. The summed E-state index contributed by atoms with van der Waals surface area (Å²) in [4.78, 5) is 13.0. The largest absolute Gasteiger partial charge is 0.368 e. The van der Waals surface area contributed by atoms with E-state index in [9.17, 15) is 5.26 Å². The monoisotopic (exact) mass is 371 g/mol. The lowest BCUT2D eigenvalue weighted by Crippen LogP contribution is -2.35. The highest BCUT2D eigenvalue weighted by Gasteiger charge is 2.28. The number of aryl methyl sites for hydroxylation is 1. The van der Waals surface area contributed by atoms with Crippen LogP contribution >= 0.6 is 15.9 Å². The van der Waals surface area contributed by atoms with Crippen LogP contribution in [0.1, 0.15) is 17.7 Å². The highest BCUT2D eigenvalue weighted by molar-refractivity contribution is 9.10. The topological polar surface area (TPSA) is 56.0 Å². The van der Waals surface area contributed by atoms with Crippen molar-refractivity contribution in [1.82, 2.24) is 9.97 Å². The van der Waals surface area contributed by atoms with Gasteiger partial charge in [0.25, 0.3) is 0 Å². The van der Waals surface area contributed by atoms with Gasteiger partial charge in [-0.15, -0.1) is 0 Å². The number of halogens is 1. The molecule has 0 aliphatic carbocycles. The van der Waals surface area contributed by atoms with Crippen molar-refractivity contribution in [2.24, 2.45) is 0 Å². The molecule has 1 aliphatic rings. The Morgan fingerprint density at radius 2 is 2.17 bits per heavy atom. The lowest BCUT2D eigenvalue weighted by Gasteiger charge is -2.26.